The lowest BCUT2D eigenvalue weighted by Gasteiger charge is -2.13. The lowest BCUT2D eigenvalue weighted by atomic mass is 10.2. The molecule has 0 aliphatic rings. The first-order valence-corrected chi connectivity index (χ1v) is 11.5. The fourth-order valence-corrected chi connectivity index (χ4v) is 4.17. The molecule has 0 unspecified atom stereocenters. The molecular weight excluding hydrogens is 523 g/mol. The number of alkyl halides is 3. The number of hydrogen-bond donors (Lipinski definition) is 2. The number of halogens is 6. The van der Waals surface area contributed by atoms with Gasteiger partial charge in [0.05, 0.1) is 15.5 Å². The Kier molecular flexibility index (Phi) is 7.59. The summed E-state index contributed by atoms with van der Waals surface area (Å²) in [4.78, 5) is 11.8. The molecule has 1 amide bonds. The van der Waals surface area contributed by atoms with Crippen molar-refractivity contribution in [2.24, 2.45) is 0 Å². The summed E-state index contributed by atoms with van der Waals surface area (Å²) in [7, 11) is -3.99. The van der Waals surface area contributed by atoms with E-state index in [1.54, 1.807) is 0 Å². The smallest absolute Gasteiger partial charge is 0.419 e. The summed E-state index contributed by atoms with van der Waals surface area (Å²) in [5, 5.41) is 2.45. The molecule has 0 radical (unpaired) electrons. The second-order valence-corrected chi connectivity index (χ2v) is 9.26. The summed E-state index contributed by atoms with van der Waals surface area (Å²) in [5.41, 5.74) is -1.55. The Hall–Kier alpha value is -3.02. The minimum atomic E-state index is -4.93. The van der Waals surface area contributed by atoms with Gasteiger partial charge in [0.1, 0.15) is 11.6 Å². The van der Waals surface area contributed by atoms with Crippen molar-refractivity contribution in [1.29, 1.82) is 0 Å². The van der Waals surface area contributed by atoms with E-state index in [1.165, 1.54) is 36.4 Å². The normalized spacial score (nSPS) is 11.7. The molecule has 0 aliphatic heterocycles. The zero-order chi connectivity index (χ0) is 25.1. The molecular formula is C21H14Cl2F4N2O4S. The highest BCUT2D eigenvalue weighted by Gasteiger charge is 2.34. The fourth-order valence-electron chi connectivity index (χ4n) is 2.66. The van der Waals surface area contributed by atoms with Crippen LogP contribution < -0.4 is 14.8 Å². The number of carbonyl (C=O) groups is 1. The Bertz CT molecular complexity index is 1320. The molecule has 3 aromatic rings. The molecule has 0 heterocycles. The summed E-state index contributed by atoms with van der Waals surface area (Å²) in [6, 6.07) is 11.4. The second kappa shape index (κ2) is 10.1. The Balaban J connectivity index is 1.65. The van der Waals surface area contributed by atoms with Gasteiger partial charge in [-0.3, -0.25) is 9.52 Å². The van der Waals surface area contributed by atoms with Gasteiger partial charge in [-0.2, -0.15) is 13.2 Å². The number of carbonyl (C=O) groups excluding carboxylic acids is 1. The monoisotopic (exact) mass is 536 g/mol. The Labute approximate surface area is 201 Å². The second-order valence-electron chi connectivity index (χ2n) is 6.73. The van der Waals surface area contributed by atoms with E-state index in [-0.39, 0.29) is 27.0 Å². The molecule has 2 N–H and O–H groups in total. The molecule has 0 spiro atoms. The third-order valence-corrected chi connectivity index (χ3v) is 6.15. The van der Waals surface area contributed by atoms with E-state index in [2.05, 4.69) is 10.0 Å². The Morgan fingerprint density at radius 2 is 1.59 bits per heavy atom. The van der Waals surface area contributed by atoms with E-state index in [9.17, 15) is 30.8 Å². The number of sulfonamides is 1. The van der Waals surface area contributed by atoms with Crippen molar-refractivity contribution in [3.05, 3.63) is 82.1 Å². The maximum atomic E-state index is 13.3. The van der Waals surface area contributed by atoms with Gasteiger partial charge in [-0.25, -0.2) is 12.8 Å². The predicted molar refractivity (Wildman–Crippen MR) is 119 cm³/mol. The number of hydrogen-bond acceptors (Lipinski definition) is 4. The van der Waals surface area contributed by atoms with Crippen LogP contribution in [0.15, 0.2) is 65.6 Å². The zero-order valence-corrected chi connectivity index (χ0v) is 19.1. The maximum Gasteiger partial charge on any atom is 0.419 e. The standard InChI is InChI=1S/C21H14Cl2F4N2O4S/c22-12-1-3-13(4-2-12)29-34(31,32)15-6-8-19(17(23)10-15)33-11-20(30)28-14-5-7-18(24)16(9-14)21(25,26)27/h1-10,29H,11H2,(H,28,30). The van der Waals surface area contributed by atoms with E-state index in [0.29, 0.717) is 17.2 Å². The van der Waals surface area contributed by atoms with Gasteiger partial charge in [-0.15, -0.1) is 0 Å². The lowest BCUT2D eigenvalue weighted by molar-refractivity contribution is -0.140. The highest BCUT2D eigenvalue weighted by atomic mass is 35.5. The van der Waals surface area contributed by atoms with Crippen LogP contribution in [-0.2, 0) is 21.0 Å². The number of ether oxygens (including phenoxy) is 1. The largest absolute Gasteiger partial charge is 0.482 e. The molecule has 3 rings (SSSR count). The topological polar surface area (TPSA) is 84.5 Å². The molecule has 13 heteroatoms. The molecule has 3 aromatic carbocycles. The van der Waals surface area contributed by atoms with Gasteiger partial charge < -0.3 is 10.1 Å². The lowest BCUT2D eigenvalue weighted by Crippen LogP contribution is -2.21. The van der Waals surface area contributed by atoms with Crippen LogP contribution in [0.1, 0.15) is 5.56 Å². The molecule has 180 valence electrons. The van der Waals surface area contributed by atoms with Crippen LogP contribution in [0.4, 0.5) is 28.9 Å². The van der Waals surface area contributed by atoms with Gasteiger partial charge in [0.15, 0.2) is 6.61 Å². The van der Waals surface area contributed by atoms with Crippen molar-refractivity contribution < 1.29 is 35.5 Å². The van der Waals surface area contributed by atoms with Gasteiger partial charge in [0.2, 0.25) is 0 Å². The highest BCUT2D eigenvalue weighted by Crippen LogP contribution is 2.33. The minimum absolute atomic E-state index is 0.0441. The van der Waals surface area contributed by atoms with Gasteiger partial charge in [0, 0.05) is 16.4 Å². The van der Waals surface area contributed by atoms with Crippen LogP contribution in [-0.4, -0.2) is 20.9 Å². The summed E-state index contributed by atoms with van der Waals surface area (Å²) < 4.78 is 84.3. The van der Waals surface area contributed by atoms with E-state index < -0.39 is 40.1 Å². The Morgan fingerprint density at radius 1 is 0.941 bits per heavy atom. The van der Waals surface area contributed by atoms with Crippen molar-refractivity contribution in [1.82, 2.24) is 0 Å². The summed E-state index contributed by atoms with van der Waals surface area (Å²) in [6.45, 7) is -0.659. The zero-order valence-electron chi connectivity index (χ0n) is 16.8. The number of benzene rings is 3. The summed E-state index contributed by atoms with van der Waals surface area (Å²) in [6.07, 6.45) is -4.93. The number of nitrogens with one attached hydrogen (secondary N) is 2. The van der Waals surface area contributed by atoms with Crippen molar-refractivity contribution in [3.8, 4) is 5.75 Å². The first-order valence-electron chi connectivity index (χ1n) is 9.22. The molecule has 0 saturated carbocycles. The van der Waals surface area contributed by atoms with Gasteiger partial charge in [-0.1, -0.05) is 23.2 Å². The van der Waals surface area contributed by atoms with Crippen molar-refractivity contribution in [2.45, 2.75) is 11.1 Å². The van der Waals surface area contributed by atoms with Crippen molar-refractivity contribution >= 4 is 50.5 Å². The van der Waals surface area contributed by atoms with E-state index in [4.69, 9.17) is 27.9 Å². The number of rotatable bonds is 7. The third-order valence-electron chi connectivity index (χ3n) is 4.22. The van der Waals surface area contributed by atoms with Crippen molar-refractivity contribution in [2.75, 3.05) is 16.6 Å². The van der Waals surface area contributed by atoms with Crippen molar-refractivity contribution in [3.63, 3.8) is 0 Å². The van der Waals surface area contributed by atoms with Crippen LogP contribution in [0.3, 0.4) is 0 Å². The van der Waals surface area contributed by atoms with Crippen LogP contribution in [0.2, 0.25) is 10.0 Å². The first-order chi connectivity index (χ1) is 15.8. The first kappa shape index (κ1) is 25.6. The summed E-state index contributed by atoms with van der Waals surface area (Å²) >= 11 is 11.8. The molecule has 6 nitrogen and oxygen atoms in total. The molecule has 0 bridgehead atoms. The van der Waals surface area contributed by atoms with Crippen LogP contribution in [0.5, 0.6) is 5.75 Å². The predicted octanol–water partition coefficient (Wildman–Crippen LogP) is 5.97. The third kappa shape index (κ3) is 6.52. The van der Waals surface area contributed by atoms with Gasteiger partial charge in [0.25, 0.3) is 15.9 Å². The summed E-state index contributed by atoms with van der Waals surface area (Å²) in [5.74, 6) is -2.37. The maximum absolute atomic E-state index is 13.3. The Morgan fingerprint density at radius 3 is 2.21 bits per heavy atom. The van der Waals surface area contributed by atoms with E-state index >= 15 is 0 Å². The molecule has 0 aromatic heterocycles. The molecule has 0 fully saturated rings. The van der Waals surface area contributed by atoms with Gasteiger partial charge in [-0.05, 0) is 60.7 Å². The van der Waals surface area contributed by atoms with E-state index in [0.717, 1.165) is 12.1 Å². The van der Waals surface area contributed by atoms with Crippen LogP contribution >= 0.6 is 23.2 Å². The SMILES string of the molecule is O=C(COc1ccc(S(=O)(=O)Nc2ccc(Cl)cc2)cc1Cl)Nc1ccc(F)c(C(F)(F)F)c1. The molecule has 34 heavy (non-hydrogen) atoms. The quantitative estimate of drug-likeness (QED) is 0.364. The minimum Gasteiger partial charge on any atom is -0.482 e. The van der Waals surface area contributed by atoms with Crippen LogP contribution in [0, 0.1) is 5.82 Å². The fraction of sp³-hybridized carbons (Fsp3) is 0.0952. The highest BCUT2D eigenvalue weighted by molar-refractivity contribution is 7.92. The average molecular weight is 537 g/mol. The van der Waals surface area contributed by atoms with Gasteiger partial charge >= 0.3 is 6.18 Å². The average Bonchev–Trinajstić information content (AvgIpc) is 2.75. The molecule has 0 saturated heterocycles. The molecule has 0 atom stereocenters. The molecule has 0 aliphatic carbocycles. The number of anilines is 2. The van der Waals surface area contributed by atoms with E-state index in [1.807, 2.05) is 0 Å². The van der Waals surface area contributed by atoms with Crippen LogP contribution in [0.25, 0.3) is 0 Å². The number of amides is 1.